The quantitative estimate of drug-likeness (QED) is 0.752. The molecule has 2 aromatic rings. The molecule has 7 heteroatoms. The highest BCUT2D eigenvalue weighted by Gasteiger charge is 2.10. The Balaban J connectivity index is 1.71. The van der Waals surface area contributed by atoms with Crippen molar-refractivity contribution in [3.05, 3.63) is 36.1 Å². The molecule has 94 valence electrons. The summed E-state index contributed by atoms with van der Waals surface area (Å²) in [5.41, 5.74) is 0.679. The van der Waals surface area contributed by atoms with Crippen LogP contribution in [0.5, 0.6) is 0 Å². The van der Waals surface area contributed by atoms with E-state index in [2.05, 4.69) is 25.8 Å². The molecule has 0 bridgehead atoms. The maximum Gasteiger partial charge on any atom is 0.289 e. The summed E-state index contributed by atoms with van der Waals surface area (Å²) in [4.78, 5) is 19.5. The highest BCUT2D eigenvalue weighted by Crippen LogP contribution is 2.01. The first-order valence-corrected chi connectivity index (χ1v) is 5.47. The van der Waals surface area contributed by atoms with Crippen molar-refractivity contribution in [2.75, 3.05) is 18.4 Å². The number of anilines is 1. The van der Waals surface area contributed by atoms with E-state index in [0.29, 0.717) is 24.6 Å². The van der Waals surface area contributed by atoms with E-state index in [9.17, 15) is 4.79 Å². The number of nitrogens with one attached hydrogen (secondary N) is 2. The molecule has 0 atom stereocenters. The zero-order chi connectivity index (χ0) is 12.8. The number of nitrogens with zero attached hydrogens (tertiary/aromatic N) is 3. The highest BCUT2D eigenvalue weighted by atomic mass is 16.5. The monoisotopic (exact) mass is 247 g/mol. The van der Waals surface area contributed by atoms with E-state index in [-0.39, 0.29) is 11.7 Å². The van der Waals surface area contributed by atoms with Gasteiger partial charge in [-0.1, -0.05) is 5.16 Å². The summed E-state index contributed by atoms with van der Waals surface area (Å²) in [5.74, 6) is 0.603. The Morgan fingerprint density at radius 1 is 1.39 bits per heavy atom. The zero-order valence-corrected chi connectivity index (χ0v) is 9.88. The molecule has 2 aromatic heterocycles. The summed E-state index contributed by atoms with van der Waals surface area (Å²) < 4.78 is 4.84. The van der Waals surface area contributed by atoms with Crippen molar-refractivity contribution in [1.82, 2.24) is 20.4 Å². The van der Waals surface area contributed by atoms with E-state index in [1.54, 1.807) is 31.6 Å². The van der Waals surface area contributed by atoms with Crippen LogP contribution in [0.25, 0.3) is 0 Å². The first-order chi connectivity index (χ1) is 8.75. The lowest BCUT2D eigenvalue weighted by molar-refractivity contribution is 0.0918. The molecule has 0 unspecified atom stereocenters. The summed E-state index contributed by atoms with van der Waals surface area (Å²) in [6, 6.07) is 1.59. The second kappa shape index (κ2) is 5.76. The molecule has 2 N–H and O–H groups in total. The summed E-state index contributed by atoms with van der Waals surface area (Å²) in [5, 5.41) is 9.37. The molecule has 2 heterocycles. The van der Waals surface area contributed by atoms with Crippen LogP contribution in [-0.4, -0.2) is 34.1 Å². The van der Waals surface area contributed by atoms with E-state index in [4.69, 9.17) is 4.52 Å². The van der Waals surface area contributed by atoms with Crippen LogP contribution in [0.4, 0.5) is 5.82 Å². The molecule has 7 nitrogen and oxygen atoms in total. The van der Waals surface area contributed by atoms with Crippen LogP contribution >= 0.6 is 0 Å². The molecule has 0 aliphatic heterocycles. The van der Waals surface area contributed by atoms with Gasteiger partial charge in [0, 0.05) is 31.5 Å². The molecular formula is C11H13N5O2. The second-order valence-corrected chi connectivity index (χ2v) is 3.61. The Labute approximate surface area is 104 Å². The van der Waals surface area contributed by atoms with Gasteiger partial charge in [-0.3, -0.25) is 9.78 Å². The number of amides is 1. The van der Waals surface area contributed by atoms with Crippen molar-refractivity contribution in [2.24, 2.45) is 0 Å². The van der Waals surface area contributed by atoms with Crippen LogP contribution < -0.4 is 10.6 Å². The average Bonchev–Trinajstić information content (AvgIpc) is 2.82. The van der Waals surface area contributed by atoms with Gasteiger partial charge in [-0.15, -0.1) is 0 Å². The molecule has 0 saturated carbocycles. The zero-order valence-electron chi connectivity index (χ0n) is 9.88. The van der Waals surface area contributed by atoms with Gasteiger partial charge >= 0.3 is 0 Å². The van der Waals surface area contributed by atoms with Crippen molar-refractivity contribution in [3.63, 3.8) is 0 Å². The van der Waals surface area contributed by atoms with E-state index in [1.807, 2.05) is 0 Å². The molecule has 0 aliphatic carbocycles. The predicted molar refractivity (Wildman–Crippen MR) is 64.1 cm³/mol. The van der Waals surface area contributed by atoms with Crippen molar-refractivity contribution < 1.29 is 9.32 Å². The van der Waals surface area contributed by atoms with Gasteiger partial charge in [-0.25, -0.2) is 4.98 Å². The minimum absolute atomic E-state index is 0.215. The minimum atomic E-state index is -0.281. The van der Waals surface area contributed by atoms with E-state index >= 15 is 0 Å². The molecule has 2 rings (SSSR count). The lowest BCUT2D eigenvalue weighted by atomic mass is 10.3. The molecule has 0 saturated heterocycles. The van der Waals surface area contributed by atoms with Crippen molar-refractivity contribution >= 4 is 11.7 Å². The van der Waals surface area contributed by atoms with E-state index in [0.717, 1.165) is 0 Å². The van der Waals surface area contributed by atoms with Gasteiger partial charge in [0.25, 0.3) is 5.91 Å². The summed E-state index contributed by atoms with van der Waals surface area (Å²) in [6.07, 6.45) is 4.80. The van der Waals surface area contributed by atoms with Crippen LogP contribution in [0.15, 0.2) is 29.2 Å². The third-order valence-corrected chi connectivity index (χ3v) is 2.13. The summed E-state index contributed by atoms with van der Waals surface area (Å²) in [7, 11) is 0. The third kappa shape index (κ3) is 3.27. The van der Waals surface area contributed by atoms with Gasteiger partial charge in [-0.05, 0) is 6.92 Å². The van der Waals surface area contributed by atoms with Crippen molar-refractivity contribution in [1.29, 1.82) is 0 Å². The van der Waals surface area contributed by atoms with Gasteiger partial charge in [0.1, 0.15) is 5.82 Å². The number of carbonyl (C=O) groups excluding carboxylic acids is 1. The van der Waals surface area contributed by atoms with Crippen LogP contribution in [0, 0.1) is 6.92 Å². The maximum atomic E-state index is 11.6. The standard InChI is InChI=1S/C11H13N5O2/c1-8-6-9(18-16-8)11(17)15-5-4-14-10-7-12-2-3-13-10/h2-3,6-7H,4-5H2,1H3,(H,13,14)(H,15,17). The number of hydrogen-bond acceptors (Lipinski definition) is 6. The molecule has 18 heavy (non-hydrogen) atoms. The highest BCUT2D eigenvalue weighted by molar-refractivity contribution is 5.91. The molecule has 0 aromatic carbocycles. The fourth-order valence-corrected chi connectivity index (χ4v) is 1.31. The fourth-order valence-electron chi connectivity index (χ4n) is 1.31. The number of aromatic nitrogens is 3. The van der Waals surface area contributed by atoms with Gasteiger partial charge < -0.3 is 15.2 Å². The van der Waals surface area contributed by atoms with Crippen LogP contribution in [0.2, 0.25) is 0 Å². The number of hydrogen-bond donors (Lipinski definition) is 2. The van der Waals surface area contributed by atoms with Gasteiger partial charge in [0.05, 0.1) is 11.9 Å². The van der Waals surface area contributed by atoms with Crippen molar-refractivity contribution in [2.45, 2.75) is 6.92 Å². The largest absolute Gasteiger partial charge is 0.367 e. The Morgan fingerprint density at radius 3 is 2.94 bits per heavy atom. The molecule has 1 amide bonds. The molecule has 0 spiro atoms. The van der Waals surface area contributed by atoms with Crippen LogP contribution in [0.1, 0.15) is 16.2 Å². The summed E-state index contributed by atoms with van der Waals surface area (Å²) in [6.45, 7) is 2.77. The third-order valence-electron chi connectivity index (χ3n) is 2.13. The molecule has 0 fully saturated rings. The second-order valence-electron chi connectivity index (χ2n) is 3.61. The minimum Gasteiger partial charge on any atom is -0.367 e. The average molecular weight is 247 g/mol. The first kappa shape index (κ1) is 12.0. The molecule has 0 aliphatic rings. The van der Waals surface area contributed by atoms with Crippen molar-refractivity contribution in [3.8, 4) is 0 Å². The van der Waals surface area contributed by atoms with E-state index in [1.165, 1.54) is 0 Å². The fraction of sp³-hybridized carbons (Fsp3) is 0.273. The smallest absolute Gasteiger partial charge is 0.289 e. The lowest BCUT2D eigenvalue weighted by Gasteiger charge is -2.05. The normalized spacial score (nSPS) is 10.1. The number of carbonyl (C=O) groups is 1. The SMILES string of the molecule is Cc1cc(C(=O)NCCNc2cnccn2)on1. The first-order valence-electron chi connectivity index (χ1n) is 5.47. The molecule has 0 radical (unpaired) electrons. The van der Waals surface area contributed by atoms with Crippen LogP contribution in [0.3, 0.4) is 0 Å². The van der Waals surface area contributed by atoms with Gasteiger partial charge in [0.2, 0.25) is 5.76 Å². The van der Waals surface area contributed by atoms with Crippen LogP contribution in [-0.2, 0) is 0 Å². The Kier molecular flexibility index (Phi) is 3.85. The van der Waals surface area contributed by atoms with E-state index < -0.39 is 0 Å². The van der Waals surface area contributed by atoms with Gasteiger partial charge in [-0.2, -0.15) is 0 Å². The Bertz CT molecular complexity index is 511. The number of rotatable bonds is 5. The lowest BCUT2D eigenvalue weighted by Crippen LogP contribution is -2.28. The number of aryl methyl sites for hydroxylation is 1. The summed E-state index contributed by atoms with van der Waals surface area (Å²) >= 11 is 0. The molecular weight excluding hydrogens is 234 g/mol. The van der Waals surface area contributed by atoms with Gasteiger partial charge in [0.15, 0.2) is 0 Å². The Hall–Kier alpha value is -2.44. The predicted octanol–water partition coefficient (Wildman–Crippen LogP) is 0.615. The maximum absolute atomic E-state index is 11.6. The Morgan fingerprint density at radius 2 is 2.28 bits per heavy atom. The topological polar surface area (TPSA) is 92.9 Å².